The minimum atomic E-state index is 0.968. The molecule has 0 fully saturated rings. The number of pyridine rings is 1. The predicted molar refractivity (Wildman–Crippen MR) is 42.4 cm³/mol. The average Bonchev–Trinajstić information content (AvgIpc) is 2.50. The van der Waals surface area contributed by atoms with Gasteiger partial charge in [0, 0.05) is 6.20 Å². The van der Waals surface area contributed by atoms with Crippen LogP contribution in [0.1, 0.15) is 12.5 Å². The standard InChI is InChI=1S/C8H9N3/c1-2-7-4-3-5-11-6-9-10-8(7)11/h3-6H,2H2,1H3. The Morgan fingerprint density at radius 1 is 1.55 bits per heavy atom. The first kappa shape index (κ1) is 6.34. The molecule has 0 aromatic carbocycles. The highest BCUT2D eigenvalue weighted by molar-refractivity contribution is 5.45. The van der Waals surface area contributed by atoms with Gasteiger partial charge in [-0.2, -0.15) is 0 Å². The van der Waals surface area contributed by atoms with Gasteiger partial charge in [-0.05, 0) is 18.1 Å². The van der Waals surface area contributed by atoms with E-state index in [0.717, 1.165) is 12.1 Å². The summed E-state index contributed by atoms with van der Waals surface area (Å²) in [7, 11) is 0. The van der Waals surface area contributed by atoms with E-state index >= 15 is 0 Å². The van der Waals surface area contributed by atoms with Gasteiger partial charge < -0.3 is 0 Å². The van der Waals surface area contributed by atoms with Crippen LogP contribution in [0, 0.1) is 0 Å². The van der Waals surface area contributed by atoms with E-state index in [4.69, 9.17) is 0 Å². The Morgan fingerprint density at radius 2 is 2.45 bits per heavy atom. The van der Waals surface area contributed by atoms with Crippen LogP contribution in [0.25, 0.3) is 5.65 Å². The Bertz CT molecular complexity index is 364. The summed E-state index contributed by atoms with van der Waals surface area (Å²) in [6, 6.07) is 4.08. The van der Waals surface area contributed by atoms with Crippen LogP contribution in [-0.4, -0.2) is 14.6 Å². The van der Waals surface area contributed by atoms with E-state index < -0.39 is 0 Å². The van der Waals surface area contributed by atoms with E-state index in [1.165, 1.54) is 5.56 Å². The molecule has 3 nitrogen and oxygen atoms in total. The van der Waals surface area contributed by atoms with Crippen molar-refractivity contribution in [3.8, 4) is 0 Å². The van der Waals surface area contributed by atoms with E-state index in [9.17, 15) is 0 Å². The predicted octanol–water partition coefficient (Wildman–Crippen LogP) is 1.29. The third-order valence-corrected chi connectivity index (χ3v) is 1.79. The number of hydrogen-bond acceptors (Lipinski definition) is 2. The summed E-state index contributed by atoms with van der Waals surface area (Å²) in [5, 5.41) is 7.83. The van der Waals surface area contributed by atoms with Gasteiger partial charge in [0.2, 0.25) is 0 Å². The fourth-order valence-electron chi connectivity index (χ4n) is 1.18. The van der Waals surface area contributed by atoms with Crippen LogP contribution < -0.4 is 0 Å². The number of fused-ring (bicyclic) bond motifs is 1. The fraction of sp³-hybridized carbons (Fsp3) is 0.250. The molecule has 0 aliphatic rings. The quantitative estimate of drug-likeness (QED) is 0.608. The molecule has 0 spiro atoms. The van der Waals surface area contributed by atoms with Crippen LogP contribution >= 0.6 is 0 Å². The molecule has 2 rings (SSSR count). The molecule has 0 unspecified atom stereocenters. The Balaban J connectivity index is 2.79. The molecule has 0 saturated heterocycles. The Hall–Kier alpha value is -1.38. The molecule has 2 heterocycles. The lowest BCUT2D eigenvalue weighted by molar-refractivity contribution is 1.08. The Morgan fingerprint density at radius 3 is 3.27 bits per heavy atom. The molecular formula is C8H9N3. The molecule has 0 radical (unpaired) electrons. The van der Waals surface area contributed by atoms with E-state index in [1.54, 1.807) is 6.33 Å². The topological polar surface area (TPSA) is 30.2 Å². The largest absolute Gasteiger partial charge is 0.289 e. The molecular weight excluding hydrogens is 138 g/mol. The van der Waals surface area contributed by atoms with Gasteiger partial charge in [0.1, 0.15) is 6.33 Å². The van der Waals surface area contributed by atoms with Gasteiger partial charge in [0.15, 0.2) is 5.65 Å². The zero-order valence-electron chi connectivity index (χ0n) is 6.36. The first-order chi connectivity index (χ1) is 5.42. The van der Waals surface area contributed by atoms with Crippen LogP contribution in [0.15, 0.2) is 24.7 Å². The summed E-state index contributed by atoms with van der Waals surface area (Å²) in [6.07, 6.45) is 4.67. The average molecular weight is 147 g/mol. The number of aryl methyl sites for hydroxylation is 1. The maximum absolute atomic E-state index is 4.00. The normalized spacial score (nSPS) is 10.6. The summed E-state index contributed by atoms with van der Waals surface area (Å²) in [4.78, 5) is 0. The molecule has 11 heavy (non-hydrogen) atoms. The number of rotatable bonds is 1. The summed E-state index contributed by atoms with van der Waals surface area (Å²) in [5.41, 5.74) is 2.21. The third kappa shape index (κ3) is 0.888. The molecule has 0 amide bonds. The summed E-state index contributed by atoms with van der Waals surface area (Å²) >= 11 is 0. The van der Waals surface area contributed by atoms with Gasteiger partial charge in [-0.25, -0.2) is 0 Å². The Kier molecular flexibility index (Phi) is 1.35. The van der Waals surface area contributed by atoms with Crippen LogP contribution in [0.3, 0.4) is 0 Å². The molecule has 0 aliphatic carbocycles. The van der Waals surface area contributed by atoms with Crippen molar-refractivity contribution >= 4 is 5.65 Å². The van der Waals surface area contributed by atoms with E-state index in [1.807, 2.05) is 16.7 Å². The molecule has 2 aromatic heterocycles. The fourth-order valence-corrected chi connectivity index (χ4v) is 1.18. The first-order valence-corrected chi connectivity index (χ1v) is 3.69. The molecule has 56 valence electrons. The highest BCUT2D eigenvalue weighted by Gasteiger charge is 1.98. The van der Waals surface area contributed by atoms with Gasteiger partial charge in [0.25, 0.3) is 0 Å². The minimum absolute atomic E-state index is 0.968. The maximum atomic E-state index is 4.00. The zero-order valence-corrected chi connectivity index (χ0v) is 6.36. The lowest BCUT2D eigenvalue weighted by atomic mass is 10.2. The van der Waals surface area contributed by atoms with Crippen molar-refractivity contribution in [3.05, 3.63) is 30.2 Å². The third-order valence-electron chi connectivity index (χ3n) is 1.79. The summed E-state index contributed by atoms with van der Waals surface area (Å²) < 4.78 is 1.93. The zero-order chi connectivity index (χ0) is 7.68. The van der Waals surface area contributed by atoms with Crippen molar-refractivity contribution in [2.45, 2.75) is 13.3 Å². The second-order valence-electron chi connectivity index (χ2n) is 2.45. The second kappa shape index (κ2) is 2.34. The SMILES string of the molecule is CCc1cccn2cnnc12. The summed E-state index contributed by atoms with van der Waals surface area (Å²) in [5.74, 6) is 0. The minimum Gasteiger partial charge on any atom is -0.289 e. The monoisotopic (exact) mass is 147 g/mol. The molecule has 0 atom stereocenters. The van der Waals surface area contributed by atoms with Gasteiger partial charge in [-0.1, -0.05) is 13.0 Å². The number of nitrogens with zero attached hydrogens (tertiary/aromatic N) is 3. The number of aromatic nitrogens is 3. The molecule has 0 saturated carbocycles. The van der Waals surface area contributed by atoms with E-state index in [2.05, 4.69) is 23.2 Å². The molecule has 0 bridgehead atoms. The van der Waals surface area contributed by atoms with E-state index in [-0.39, 0.29) is 0 Å². The molecule has 2 aromatic rings. The highest BCUT2D eigenvalue weighted by Crippen LogP contribution is 2.06. The first-order valence-electron chi connectivity index (χ1n) is 3.69. The molecule has 3 heteroatoms. The number of hydrogen-bond donors (Lipinski definition) is 0. The van der Waals surface area contributed by atoms with Gasteiger partial charge in [-0.15, -0.1) is 10.2 Å². The van der Waals surface area contributed by atoms with Crippen molar-refractivity contribution in [3.63, 3.8) is 0 Å². The van der Waals surface area contributed by atoms with Crippen LogP contribution in [0.2, 0.25) is 0 Å². The van der Waals surface area contributed by atoms with Crippen molar-refractivity contribution in [2.24, 2.45) is 0 Å². The lowest BCUT2D eigenvalue weighted by Gasteiger charge is -1.96. The smallest absolute Gasteiger partial charge is 0.163 e. The van der Waals surface area contributed by atoms with Crippen LogP contribution in [0.4, 0.5) is 0 Å². The van der Waals surface area contributed by atoms with Gasteiger partial charge in [0.05, 0.1) is 0 Å². The van der Waals surface area contributed by atoms with Crippen molar-refractivity contribution in [1.29, 1.82) is 0 Å². The highest BCUT2D eigenvalue weighted by atomic mass is 15.2. The van der Waals surface area contributed by atoms with Crippen LogP contribution in [-0.2, 0) is 6.42 Å². The van der Waals surface area contributed by atoms with E-state index in [0.29, 0.717) is 0 Å². The summed E-state index contributed by atoms with van der Waals surface area (Å²) in [6.45, 7) is 2.12. The maximum Gasteiger partial charge on any atom is 0.163 e. The van der Waals surface area contributed by atoms with Crippen molar-refractivity contribution in [1.82, 2.24) is 14.6 Å². The van der Waals surface area contributed by atoms with Crippen molar-refractivity contribution in [2.75, 3.05) is 0 Å². The molecule has 0 N–H and O–H groups in total. The van der Waals surface area contributed by atoms with Gasteiger partial charge in [-0.3, -0.25) is 4.40 Å². The molecule has 0 aliphatic heterocycles. The van der Waals surface area contributed by atoms with Crippen molar-refractivity contribution < 1.29 is 0 Å². The Labute approximate surface area is 64.7 Å². The lowest BCUT2D eigenvalue weighted by Crippen LogP contribution is -1.88. The second-order valence-corrected chi connectivity index (χ2v) is 2.45. The van der Waals surface area contributed by atoms with Crippen LogP contribution in [0.5, 0.6) is 0 Å². The van der Waals surface area contributed by atoms with Gasteiger partial charge >= 0.3 is 0 Å².